The molecule has 1 aliphatic heterocycles. The molecule has 5 rings (SSSR count). The van der Waals surface area contributed by atoms with Crippen molar-refractivity contribution < 1.29 is 21.3 Å². The van der Waals surface area contributed by atoms with Gasteiger partial charge in [0.1, 0.15) is 16.2 Å². The topological polar surface area (TPSA) is 114 Å². The quantitative estimate of drug-likeness (QED) is 0.340. The summed E-state index contributed by atoms with van der Waals surface area (Å²) < 4.78 is 62.6. The second-order valence-electron chi connectivity index (χ2n) is 8.92. The van der Waals surface area contributed by atoms with Crippen LogP contribution in [0.5, 0.6) is 0 Å². The van der Waals surface area contributed by atoms with Crippen molar-refractivity contribution in [3.8, 4) is 0 Å². The van der Waals surface area contributed by atoms with Gasteiger partial charge < -0.3 is 4.42 Å². The zero-order valence-corrected chi connectivity index (χ0v) is 22.6. The first-order valence-electron chi connectivity index (χ1n) is 11.7. The van der Waals surface area contributed by atoms with E-state index in [0.717, 1.165) is 5.56 Å². The summed E-state index contributed by atoms with van der Waals surface area (Å²) in [4.78, 5) is 8.67. The fourth-order valence-electron chi connectivity index (χ4n) is 4.50. The number of fused-ring (bicyclic) bond motifs is 1. The van der Waals surface area contributed by atoms with E-state index in [4.69, 9.17) is 16.0 Å². The van der Waals surface area contributed by atoms with Crippen LogP contribution in [0.25, 0.3) is 11.1 Å². The standard InChI is InChI=1S/C25H25ClN4O5S2/c1-17-7-10-25(27-16-17)30(37(33,34)24-6-4-3-5-21(24)26)19-11-13-29(14-12-19)36(31,32)20-8-9-22-23(15-20)35-18(2)28-22/h3-10,15-16,19H,11-14H2,1-2H3. The Balaban J connectivity index is 1.44. The Morgan fingerprint density at radius 2 is 1.73 bits per heavy atom. The highest BCUT2D eigenvalue weighted by molar-refractivity contribution is 7.93. The molecule has 1 saturated heterocycles. The first-order chi connectivity index (χ1) is 17.6. The normalized spacial score (nSPS) is 15.8. The molecule has 12 heteroatoms. The zero-order chi connectivity index (χ0) is 26.4. The van der Waals surface area contributed by atoms with Gasteiger partial charge in [0.25, 0.3) is 10.0 Å². The maximum atomic E-state index is 13.8. The van der Waals surface area contributed by atoms with Gasteiger partial charge in [0.15, 0.2) is 11.5 Å². The molecule has 0 unspecified atom stereocenters. The third-order valence-electron chi connectivity index (χ3n) is 6.35. The van der Waals surface area contributed by atoms with E-state index in [2.05, 4.69) is 9.97 Å². The molecule has 2 aromatic carbocycles. The molecule has 0 radical (unpaired) electrons. The van der Waals surface area contributed by atoms with Crippen LogP contribution in [-0.4, -0.2) is 50.2 Å². The monoisotopic (exact) mass is 560 g/mol. The lowest BCUT2D eigenvalue weighted by Gasteiger charge is -2.38. The molecule has 194 valence electrons. The van der Waals surface area contributed by atoms with Gasteiger partial charge in [-0.05, 0) is 55.7 Å². The summed E-state index contributed by atoms with van der Waals surface area (Å²) in [5.41, 5.74) is 1.87. The second-order valence-corrected chi connectivity index (χ2v) is 13.1. The van der Waals surface area contributed by atoms with Crippen LogP contribution in [0, 0.1) is 13.8 Å². The van der Waals surface area contributed by atoms with Crippen LogP contribution >= 0.6 is 11.6 Å². The number of hydrogen-bond donors (Lipinski definition) is 0. The van der Waals surface area contributed by atoms with E-state index >= 15 is 0 Å². The van der Waals surface area contributed by atoms with E-state index in [1.807, 2.05) is 6.92 Å². The number of aromatic nitrogens is 2. The number of hydrogen-bond acceptors (Lipinski definition) is 7. The summed E-state index contributed by atoms with van der Waals surface area (Å²) in [7, 11) is -7.89. The lowest BCUT2D eigenvalue weighted by molar-refractivity contribution is 0.320. The van der Waals surface area contributed by atoms with Gasteiger partial charge in [-0.3, -0.25) is 0 Å². The second kappa shape index (κ2) is 9.71. The molecule has 9 nitrogen and oxygen atoms in total. The van der Waals surface area contributed by atoms with Crippen LogP contribution in [0.3, 0.4) is 0 Å². The summed E-state index contributed by atoms with van der Waals surface area (Å²) in [5.74, 6) is 0.716. The molecule has 0 spiro atoms. The molecule has 0 bridgehead atoms. The van der Waals surface area contributed by atoms with Crippen molar-refractivity contribution in [2.75, 3.05) is 17.4 Å². The third kappa shape index (κ3) is 4.84. The number of piperidine rings is 1. The molecule has 0 aliphatic carbocycles. The lowest BCUT2D eigenvalue weighted by Crippen LogP contribution is -2.49. The fourth-order valence-corrected chi connectivity index (χ4v) is 8.15. The van der Waals surface area contributed by atoms with Crippen molar-refractivity contribution in [3.63, 3.8) is 0 Å². The van der Waals surface area contributed by atoms with Gasteiger partial charge >= 0.3 is 0 Å². The highest BCUT2D eigenvalue weighted by Gasteiger charge is 2.38. The largest absolute Gasteiger partial charge is 0.441 e. The number of sulfonamides is 2. The number of aryl methyl sites for hydroxylation is 2. The average molecular weight is 561 g/mol. The summed E-state index contributed by atoms with van der Waals surface area (Å²) in [6, 6.07) is 13.8. The lowest BCUT2D eigenvalue weighted by atomic mass is 10.1. The third-order valence-corrected chi connectivity index (χ3v) is 10.6. The van der Waals surface area contributed by atoms with Gasteiger partial charge in [0, 0.05) is 38.3 Å². The van der Waals surface area contributed by atoms with Crippen molar-refractivity contribution in [1.82, 2.24) is 14.3 Å². The van der Waals surface area contributed by atoms with E-state index < -0.39 is 26.1 Å². The molecule has 3 heterocycles. The molecule has 0 atom stereocenters. The molecule has 0 N–H and O–H groups in total. The Morgan fingerprint density at radius 1 is 1.00 bits per heavy atom. The molecule has 0 amide bonds. The van der Waals surface area contributed by atoms with Crippen molar-refractivity contribution in [2.24, 2.45) is 0 Å². The summed E-state index contributed by atoms with van der Waals surface area (Å²) in [6.45, 7) is 3.84. The van der Waals surface area contributed by atoms with Crippen molar-refractivity contribution >= 4 is 48.6 Å². The van der Waals surface area contributed by atoms with Gasteiger partial charge in [-0.1, -0.05) is 29.8 Å². The number of nitrogens with zero attached hydrogens (tertiary/aromatic N) is 4. The van der Waals surface area contributed by atoms with Crippen LogP contribution in [0.2, 0.25) is 5.02 Å². The van der Waals surface area contributed by atoms with Crippen molar-refractivity contribution in [1.29, 1.82) is 0 Å². The SMILES string of the molecule is Cc1ccc(N(C2CCN(S(=O)(=O)c3ccc4nc(C)oc4c3)CC2)S(=O)(=O)c2ccccc2Cl)nc1. The summed E-state index contributed by atoms with van der Waals surface area (Å²) in [5, 5.41) is 0.109. The fraction of sp³-hybridized carbons (Fsp3) is 0.280. The summed E-state index contributed by atoms with van der Waals surface area (Å²) >= 11 is 6.27. The van der Waals surface area contributed by atoms with Gasteiger partial charge in [-0.15, -0.1) is 0 Å². The van der Waals surface area contributed by atoms with Gasteiger partial charge in [-0.2, -0.15) is 4.31 Å². The minimum absolute atomic E-state index is 0.0234. The Kier molecular flexibility index (Phi) is 6.73. The number of halogens is 1. The van der Waals surface area contributed by atoms with E-state index in [1.165, 1.54) is 32.9 Å². The molecule has 2 aromatic heterocycles. The van der Waals surface area contributed by atoms with Crippen LogP contribution < -0.4 is 4.31 Å². The van der Waals surface area contributed by atoms with Gasteiger partial charge in [0.2, 0.25) is 10.0 Å². The maximum Gasteiger partial charge on any atom is 0.267 e. The maximum absolute atomic E-state index is 13.8. The molecule has 37 heavy (non-hydrogen) atoms. The van der Waals surface area contributed by atoms with E-state index in [0.29, 0.717) is 17.0 Å². The van der Waals surface area contributed by atoms with E-state index in [-0.39, 0.29) is 46.6 Å². The number of rotatable bonds is 6. The number of benzene rings is 2. The molecule has 1 aliphatic rings. The Labute approximate surface area is 220 Å². The zero-order valence-electron chi connectivity index (χ0n) is 20.2. The predicted octanol–water partition coefficient (Wildman–Crippen LogP) is 4.54. The smallest absolute Gasteiger partial charge is 0.267 e. The van der Waals surface area contributed by atoms with Crippen LogP contribution in [0.4, 0.5) is 5.82 Å². The molecule has 4 aromatic rings. The molecular formula is C25H25ClN4O5S2. The minimum Gasteiger partial charge on any atom is -0.441 e. The highest BCUT2D eigenvalue weighted by atomic mass is 35.5. The molecule has 1 fully saturated rings. The van der Waals surface area contributed by atoms with Crippen LogP contribution in [-0.2, 0) is 20.0 Å². The highest BCUT2D eigenvalue weighted by Crippen LogP contribution is 2.33. The predicted molar refractivity (Wildman–Crippen MR) is 141 cm³/mol. The van der Waals surface area contributed by atoms with Gasteiger partial charge in [0.05, 0.1) is 9.92 Å². The van der Waals surface area contributed by atoms with Gasteiger partial charge in [-0.25, -0.2) is 31.1 Å². The molecular weight excluding hydrogens is 536 g/mol. The van der Waals surface area contributed by atoms with Crippen LogP contribution in [0.15, 0.2) is 75.0 Å². The number of oxazole rings is 1. The Morgan fingerprint density at radius 3 is 2.41 bits per heavy atom. The average Bonchev–Trinajstić information content (AvgIpc) is 3.25. The van der Waals surface area contributed by atoms with Crippen molar-refractivity contribution in [2.45, 2.75) is 42.5 Å². The minimum atomic E-state index is -4.07. The van der Waals surface area contributed by atoms with E-state index in [1.54, 1.807) is 43.5 Å². The Hall–Kier alpha value is -2.99. The number of anilines is 1. The molecule has 0 saturated carbocycles. The first-order valence-corrected chi connectivity index (χ1v) is 14.9. The van der Waals surface area contributed by atoms with Crippen LogP contribution in [0.1, 0.15) is 24.3 Å². The Bertz CT molecular complexity index is 1660. The number of pyridine rings is 1. The van der Waals surface area contributed by atoms with Crippen molar-refractivity contribution in [3.05, 3.63) is 77.3 Å². The summed E-state index contributed by atoms with van der Waals surface area (Å²) in [6.07, 6.45) is 2.16. The van der Waals surface area contributed by atoms with E-state index in [9.17, 15) is 16.8 Å². The first kappa shape index (κ1) is 25.7.